The number of nitrogens with one attached hydrogen (secondary N) is 2. The molecular formula is C12H20N4O5S2. The summed E-state index contributed by atoms with van der Waals surface area (Å²) in [5.74, 6) is -0.591. The fourth-order valence-electron chi connectivity index (χ4n) is 2.55. The Balaban J connectivity index is 2.04. The quantitative estimate of drug-likeness (QED) is 0.686. The lowest BCUT2D eigenvalue weighted by molar-refractivity contribution is -0.121. The van der Waals surface area contributed by atoms with Gasteiger partial charge >= 0.3 is 0 Å². The van der Waals surface area contributed by atoms with E-state index in [0.717, 1.165) is 4.31 Å². The molecule has 1 aliphatic heterocycles. The number of carbonyl (C=O) groups excluding carboxylic acids is 1. The molecule has 1 aliphatic rings. The van der Waals surface area contributed by atoms with Crippen molar-refractivity contribution in [3.8, 4) is 0 Å². The predicted molar refractivity (Wildman–Crippen MR) is 83.1 cm³/mol. The molecule has 1 saturated heterocycles. The van der Waals surface area contributed by atoms with E-state index in [1.165, 1.54) is 7.05 Å². The van der Waals surface area contributed by atoms with Crippen LogP contribution in [-0.4, -0.2) is 68.4 Å². The Bertz CT molecular complexity index is 793. The zero-order chi connectivity index (χ0) is 17.4. The van der Waals surface area contributed by atoms with E-state index in [1.807, 2.05) is 0 Å². The number of aromatic amines is 1. The van der Waals surface area contributed by atoms with Crippen LogP contribution in [0.5, 0.6) is 0 Å². The van der Waals surface area contributed by atoms with Gasteiger partial charge in [-0.05, 0) is 20.3 Å². The standard InChI is InChI=1S/C12H20N4O5S2/c1-8-12(9(2)15-14-8)23(20,21)16(3)6-11(17)13-10-4-5-22(18,19)7-10/h10H,4-7H2,1-3H3,(H,13,17)(H,14,15). The minimum atomic E-state index is -3.85. The summed E-state index contributed by atoms with van der Waals surface area (Å²) in [7, 11) is -5.65. The summed E-state index contributed by atoms with van der Waals surface area (Å²) in [4.78, 5) is 12.0. The van der Waals surface area contributed by atoms with Gasteiger partial charge in [-0.25, -0.2) is 16.8 Å². The second-order valence-electron chi connectivity index (χ2n) is 5.69. The van der Waals surface area contributed by atoms with E-state index in [9.17, 15) is 21.6 Å². The van der Waals surface area contributed by atoms with Gasteiger partial charge in [0.1, 0.15) is 4.90 Å². The summed E-state index contributed by atoms with van der Waals surface area (Å²) in [5, 5.41) is 9.01. The molecule has 1 aromatic heterocycles. The molecule has 0 aromatic carbocycles. The van der Waals surface area contributed by atoms with Crippen molar-refractivity contribution >= 4 is 25.8 Å². The van der Waals surface area contributed by atoms with Crippen molar-refractivity contribution in [3.05, 3.63) is 11.4 Å². The second kappa shape index (κ2) is 6.21. The Morgan fingerprint density at radius 1 is 1.43 bits per heavy atom. The first-order valence-electron chi connectivity index (χ1n) is 7.00. The largest absolute Gasteiger partial charge is 0.351 e. The summed E-state index contributed by atoms with van der Waals surface area (Å²) in [6, 6.07) is -0.457. The summed E-state index contributed by atoms with van der Waals surface area (Å²) >= 11 is 0. The van der Waals surface area contributed by atoms with Crippen LogP contribution >= 0.6 is 0 Å². The van der Waals surface area contributed by atoms with Gasteiger partial charge in [0.2, 0.25) is 15.9 Å². The normalized spacial score (nSPS) is 20.8. The third-order valence-electron chi connectivity index (χ3n) is 3.69. The molecule has 1 atom stereocenters. The number of hydrogen-bond donors (Lipinski definition) is 2. The molecule has 23 heavy (non-hydrogen) atoms. The predicted octanol–water partition coefficient (Wildman–Crippen LogP) is -1.05. The highest BCUT2D eigenvalue weighted by molar-refractivity contribution is 7.91. The third-order valence-corrected chi connectivity index (χ3v) is 7.53. The van der Waals surface area contributed by atoms with Crippen molar-refractivity contribution in [1.29, 1.82) is 0 Å². The van der Waals surface area contributed by atoms with E-state index >= 15 is 0 Å². The van der Waals surface area contributed by atoms with Crippen LogP contribution in [0.2, 0.25) is 0 Å². The molecule has 2 heterocycles. The number of aryl methyl sites for hydroxylation is 2. The fourth-order valence-corrected chi connectivity index (χ4v) is 5.67. The van der Waals surface area contributed by atoms with Crippen molar-refractivity contribution in [2.45, 2.75) is 31.2 Å². The van der Waals surface area contributed by atoms with Crippen LogP contribution in [0, 0.1) is 13.8 Å². The van der Waals surface area contributed by atoms with Gasteiger partial charge in [-0.3, -0.25) is 9.89 Å². The molecule has 1 fully saturated rings. The van der Waals surface area contributed by atoms with E-state index in [0.29, 0.717) is 17.8 Å². The fraction of sp³-hybridized carbons (Fsp3) is 0.667. The molecule has 0 saturated carbocycles. The first-order valence-corrected chi connectivity index (χ1v) is 10.3. The molecule has 1 amide bonds. The van der Waals surface area contributed by atoms with Gasteiger partial charge in [0.15, 0.2) is 9.84 Å². The van der Waals surface area contributed by atoms with Crippen molar-refractivity contribution in [1.82, 2.24) is 19.8 Å². The Hall–Kier alpha value is -1.46. The lowest BCUT2D eigenvalue weighted by Gasteiger charge is -2.18. The van der Waals surface area contributed by atoms with Crippen LogP contribution in [-0.2, 0) is 24.7 Å². The summed E-state index contributed by atoms with van der Waals surface area (Å²) in [6.45, 7) is 2.76. The number of hydrogen-bond acceptors (Lipinski definition) is 6. The molecule has 2 N–H and O–H groups in total. The van der Waals surface area contributed by atoms with Crippen LogP contribution in [0.3, 0.4) is 0 Å². The molecule has 0 radical (unpaired) electrons. The SMILES string of the molecule is Cc1n[nH]c(C)c1S(=O)(=O)N(C)CC(=O)NC1CCS(=O)(=O)C1. The Morgan fingerprint density at radius 3 is 2.57 bits per heavy atom. The van der Waals surface area contributed by atoms with Crippen LogP contribution in [0.15, 0.2) is 4.90 Å². The van der Waals surface area contributed by atoms with Crippen LogP contribution in [0.1, 0.15) is 17.8 Å². The van der Waals surface area contributed by atoms with E-state index in [1.54, 1.807) is 13.8 Å². The van der Waals surface area contributed by atoms with Crippen LogP contribution in [0.25, 0.3) is 0 Å². The Labute approximate surface area is 135 Å². The zero-order valence-corrected chi connectivity index (χ0v) is 14.8. The molecule has 0 aliphatic carbocycles. The minimum absolute atomic E-state index is 0.0412. The number of H-pyrrole nitrogens is 1. The van der Waals surface area contributed by atoms with E-state index in [4.69, 9.17) is 0 Å². The number of nitrogens with zero attached hydrogens (tertiary/aromatic N) is 2. The average molecular weight is 364 g/mol. The first kappa shape index (κ1) is 17.9. The van der Waals surface area contributed by atoms with Gasteiger partial charge in [-0.2, -0.15) is 9.40 Å². The van der Waals surface area contributed by atoms with Crippen molar-refractivity contribution in [2.24, 2.45) is 0 Å². The Morgan fingerprint density at radius 2 is 2.09 bits per heavy atom. The maximum absolute atomic E-state index is 12.5. The van der Waals surface area contributed by atoms with Crippen molar-refractivity contribution in [3.63, 3.8) is 0 Å². The number of likely N-dealkylation sites (N-methyl/N-ethyl adjacent to an activating group) is 1. The molecule has 2 rings (SSSR count). The molecular weight excluding hydrogens is 344 g/mol. The molecule has 9 nitrogen and oxygen atoms in total. The van der Waals surface area contributed by atoms with Gasteiger partial charge in [0, 0.05) is 13.1 Å². The summed E-state index contributed by atoms with van der Waals surface area (Å²) in [6.07, 6.45) is 0.352. The molecule has 0 spiro atoms. The van der Waals surface area contributed by atoms with E-state index < -0.39 is 31.8 Å². The second-order valence-corrected chi connectivity index (χ2v) is 9.90. The lowest BCUT2D eigenvalue weighted by Crippen LogP contribution is -2.43. The van der Waals surface area contributed by atoms with Gasteiger partial charge in [-0.1, -0.05) is 0 Å². The minimum Gasteiger partial charge on any atom is -0.351 e. The highest BCUT2D eigenvalue weighted by Crippen LogP contribution is 2.20. The topological polar surface area (TPSA) is 129 Å². The van der Waals surface area contributed by atoms with Gasteiger partial charge in [-0.15, -0.1) is 0 Å². The smallest absolute Gasteiger partial charge is 0.246 e. The first-order chi connectivity index (χ1) is 10.5. The van der Waals surface area contributed by atoms with E-state index in [2.05, 4.69) is 15.5 Å². The number of sulfonamides is 1. The number of carbonyl (C=O) groups is 1. The van der Waals surface area contributed by atoms with Crippen LogP contribution < -0.4 is 5.32 Å². The molecule has 130 valence electrons. The highest BCUT2D eigenvalue weighted by Gasteiger charge is 2.31. The molecule has 1 aromatic rings. The Kier molecular flexibility index (Phi) is 4.83. The average Bonchev–Trinajstić information content (AvgIpc) is 2.91. The molecule has 11 heteroatoms. The van der Waals surface area contributed by atoms with Gasteiger partial charge in [0.25, 0.3) is 0 Å². The third kappa shape index (κ3) is 3.90. The number of rotatable bonds is 5. The summed E-state index contributed by atoms with van der Waals surface area (Å²) < 4.78 is 48.7. The van der Waals surface area contributed by atoms with Crippen molar-refractivity contribution < 1.29 is 21.6 Å². The number of aromatic nitrogens is 2. The van der Waals surface area contributed by atoms with E-state index in [-0.39, 0.29) is 22.9 Å². The van der Waals surface area contributed by atoms with Gasteiger partial charge in [0.05, 0.1) is 29.4 Å². The van der Waals surface area contributed by atoms with Gasteiger partial charge < -0.3 is 5.32 Å². The number of sulfone groups is 1. The maximum Gasteiger partial charge on any atom is 0.246 e. The zero-order valence-electron chi connectivity index (χ0n) is 13.2. The van der Waals surface area contributed by atoms with Crippen molar-refractivity contribution in [2.75, 3.05) is 25.1 Å². The van der Waals surface area contributed by atoms with Crippen LogP contribution in [0.4, 0.5) is 0 Å². The lowest BCUT2D eigenvalue weighted by atomic mass is 10.2. The monoisotopic (exact) mass is 364 g/mol. The molecule has 1 unspecified atom stereocenters. The molecule has 0 bridgehead atoms. The maximum atomic E-state index is 12.5. The highest BCUT2D eigenvalue weighted by atomic mass is 32.2. The summed E-state index contributed by atoms with van der Waals surface area (Å²) in [5.41, 5.74) is 0.730. The number of amides is 1.